The zero-order valence-corrected chi connectivity index (χ0v) is 22.9. The smallest absolute Gasteiger partial charge is 0.165 e. The molecule has 3 aromatic carbocycles. The Bertz CT molecular complexity index is 1240. The summed E-state index contributed by atoms with van der Waals surface area (Å²) in [4.78, 5) is 4.77. The number of nitrogens with zero attached hydrogens (tertiary/aromatic N) is 2. The van der Waals surface area contributed by atoms with Gasteiger partial charge < -0.3 is 14.7 Å². The van der Waals surface area contributed by atoms with E-state index >= 15 is 4.39 Å². The van der Waals surface area contributed by atoms with E-state index in [2.05, 4.69) is 47.9 Å². The second kappa shape index (κ2) is 12.2. The summed E-state index contributed by atoms with van der Waals surface area (Å²) in [5.74, 6) is 0.831. The monoisotopic (exact) mass is 516 g/mol. The van der Waals surface area contributed by atoms with Gasteiger partial charge >= 0.3 is 0 Å². The van der Waals surface area contributed by atoms with E-state index in [9.17, 15) is 5.11 Å². The maximum absolute atomic E-state index is 15.0. The number of benzene rings is 3. The number of phenolic OH excluding ortho intramolecular Hbond substituents is 1. The maximum Gasteiger partial charge on any atom is 0.165 e. The highest BCUT2D eigenvalue weighted by Crippen LogP contribution is 2.40. The molecule has 0 spiro atoms. The highest BCUT2D eigenvalue weighted by molar-refractivity contribution is 5.59. The van der Waals surface area contributed by atoms with Gasteiger partial charge in [-0.05, 0) is 123 Å². The van der Waals surface area contributed by atoms with Crippen molar-refractivity contribution in [2.75, 3.05) is 37.7 Å². The minimum atomic E-state index is -0.284. The fourth-order valence-electron chi connectivity index (χ4n) is 6.28. The molecular weight excluding hydrogens is 475 g/mol. The number of piperidine rings is 1. The van der Waals surface area contributed by atoms with Crippen LogP contribution in [0, 0.1) is 12.7 Å². The van der Waals surface area contributed by atoms with Crippen molar-refractivity contribution in [3.05, 3.63) is 88.2 Å². The molecule has 38 heavy (non-hydrogen) atoms. The van der Waals surface area contributed by atoms with E-state index in [1.54, 1.807) is 18.2 Å². The lowest BCUT2D eigenvalue weighted by Crippen LogP contribution is -2.33. The van der Waals surface area contributed by atoms with Gasteiger partial charge in [0.05, 0.1) is 0 Å². The average Bonchev–Trinajstić information content (AvgIpc) is 2.93. The Hall–Kier alpha value is -3.05. The standard InChI is InChI=1S/C33H41FN2O2/c1-3-36(23-25-10-15-32(30(34)20-25)38-19-18-35-16-5-4-6-17-35)31-9-7-8-24(2)33(31)28-12-11-27-22-29(37)14-13-26(27)21-28/h7-10,13-15,20,22,28,37H,3-6,11-12,16-19,21,23H2,1-2H3. The van der Waals surface area contributed by atoms with Crippen molar-refractivity contribution in [3.8, 4) is 11.5 Å². The molecule has 3 aromatic rings. The summed E-state index contributed by atoms with van der Waals surface area (Å²) in [6.07, 6.45) is 6.81. The number of hydrogen-bond donors (Lipinski definition) is 1. The first kappa shape index (κ1) is 26.6. The molecular formula is C33H41FN2O2. The fraction of sp³-hybridized carbons (Fsp3) is 0.455. The summed E-state index contributed by atoms with van der Waals surface area (Å²) >= 11 is 0. The van der Waals surface area contributed by atoms with Gasteiger partial charge in [-0.1, -0.05) is 30.7 Å². The topological polar surface area (TPSA) is 35.9 Å². The van der Waals surface area contributed by atoms with Gasteiger partial charge in [0.15, 0.2) is 11.6 Å². The summed E-state index contributed by atoms with van der Waals surface area (Å²) in [6.45, 7) is 9.47. The Morgan fingerprint density at radius 2 is 1.87 bits per heavy atom. The first-order valence-corrected chi connectivity index (χ1v) is 14.3. The van der Waals surface area contributed by atoms with Gasteiger partial charge in [0.2, 0.25) is 0 Å². The number of rotatable bonds is 9. The Morgan fingerprint density at radius 3 is 2.66 bits per heavy atom. The minimum Gasteiger partial charge on any atom is -0.508 e. The summed E-state index contributed by atoms with van der Waals surface area (Å²) in [5.41, 5.74) is 7.47. The Balaban J connectivity index is 1.29. The van der Waals surface area contributed by atoms with E-state index in [1.807, 2.05) is 12.1 Å². The van der Waals surface area contributed by atoms with Crippen LogP contribution in [0.2, 0.25) is 0 Å². The number of ether oxygens (including phenoxy) is 1. The van der Waals surface area contributed by atoms with Crippen molar-refractivity contribution in [2.45, 2.75) is 64.8 Å². The molecule has 1 unspecified atom stereocenters. The van der Waals surface area contributed by atoms with Gasteiger partial charge in [-0.2, -0.15) is 0 Å². The normalized spacial score (nSPS) is 17.7. The quantitative estimate of drug-likeness (QED) is 0.332. The molecule has 1 atom stereocenters. The van der Waals surface area contributed by atoms with E-state index in [0.29, 0.717) is 30.6 Å². The van der Waals surface area contributed by atoms with E-state index in [0.717, 1.165) is 51.0 Å². The zero-order valence-electron chi connectivity index (χ0n) is 22.9. The Kier molecular flexibility index (Phi) is 8.53. The summed E-state index contributed by atoms with van der Waals surface area (Å²) in [5, 5.41) is 9.89. The molecule has 202 valence electrons. The van der Waals surface area contributed by atoms with Gasteiger partial charge in [0.1, 0.15) is 12.4 Å². The van der Waals surface area contributed by atoms with Crippen LogP contribution in [0.4, 0.5) is 10.1 Å². The van der Waals surface area contributed by atoms with Crippen LogP contribution in [0.1, 0.15) is 66.3 Å². The second-order valence-electron chi connectivity index (χ2n) is 10.9. The zero-order chi connectivity index (χ0) is 26.5. The van der Waals surface area contributed by atoms with Crippen LogP contribution in [-0.2, 0) is 19.4 Å². The van der Waals surface area contributed by atoms with Crippen LogP contribution < -0.4 is 9.64 Å². The van der Waals surface area contributed by atoms with Crippen LogP contribution in [-0.4, -0.2) is 42.8 Å². The summed E-state index contributed by atoms with van der Waals surface area (Å²) in [7, 11) is 0. The van der Waals surface area contributed by atoms with Crippen LogP contribution in [0.3, 0.4) is 0 Å². The number of hydrogen-bond acceptors (Lipinski definition) is 4. The van der Waals surface area contributed by atoms with Crippen LogP contribution >= 0.6 is 0 Å². The van der Waals surface area contributed by atoms with Crippen molar-refractivity contribution in [3.63, 3.8) is 0 Å². The third kappa shape index (κ3) is 6.15. The summed E-state index contributed by atoms with van der Waals surface area (Å²) in [6, 6.07) is 17.8. The van der Waals surface area contributed by atoms with Gasteiger partial charge in [0, 0.05) is 25.3 Å². The van der Waals surface area contributed by atoms with Crippen molar-refractivity contribution in [1.82, 2.24) is 4.90 Å². The van der Waals surface area contributed by atoms with Gasteiger partial charge in [-0.3, -0.25) is 4.90 Å². The van der Waals surface area contributed by atoms with Gasteiger partial charge in [-0.15, -0.1) is 0 Å². The number of aryl methyl sites for hydroxylation is 2. The molecule has 0 radical (unpaired) electrons. The number of anilines is 1. The molecule has 1 N–H and O–H groups in total. The molecule has 1 heterocycles. The van der Waals surface area contributed by atoms with Crippen molar-refractivity contribution in [1.29, 1.82) is 0 Å². The van der Waals surface area contributed by atoms with Crippen LogP contribution in [0.5, 0.6) is 11.5 Å². The van der Waals surface area contributed by atoms with Crippen molar-refractivity contribution in [2.24, 2.45) is 0 Å². The number of phenols is 1. The molecule has 1 aliphatic heterocycles. The van der Waals surface area contributed by atoms with E-state index in [4.69, 9.17) is 4.74 Å². The number of likely N-dealkylation sites (tertiary alicyclic amines) is 1. The molecule has 1 aliphatic carbocycles. The molecule has 0 aromatic heterocycles. The second-order valence-corrected chi connectivity index (χ2v) is 10.9. The molecule has 4 nitrogen and oxygen atoms in total. The van der Waals surface area contributed by atoms with Crippen LogP contribution in [0.25, 0.3) is 0 Å². The van der Waals surface area contributed by atoms with Gasteiger partial charge in [0.25, 0.3) is 0 Å². The highest BCUT2D eigenvalue weighted by Gasteiger charge is 2.25. The molecule has 0 bridgehead atoms. The maximum atomic E-state index is 15.0. The third-order valence-electron chi connectivity index (χ3n) is 8.33. The SMILES string of the molecule is CCN(Cc1ccc(OCCN2CCCCC2)c(F)c1)c1cccc(C)c1C1CCc2cc(O)ccc2C1. The lowest BCUT2D eigenvalue weighted by atomic mass is 9.78. The fourth-order valence-corrected chi connectivity index (χ4v) is 6.28. The lowest BCUT2D eigenvalue weighted by molar-refractivity contribution is 0.180. The Labute approximate surface area is 227 Å². The van der Waals surface area contributed by atoms with E-state index in [-0.39, 0.29) is 5.82 Å². The van der Waals surface area contributed by atoms with Gasteiger partial charge in [-0.25, -0.2) is 4.39 Å². The third-order valence-corrected chi connectivity index (χ3v) is 8.33. The minimum absolute atomic E-state index is 0.284. The van der Waals surface area contributed by atoms with E-state index < -0.39 is 0 Å². The summed E-state index contributed by atoms with van der Waals surface area (Å²) < 4.78 is 20.8. The Morgan fingerprint density at radius 1 is 1.03 bits per heavy atom. The molecule has 0 saturated carbocycles. The van der Waals surface area contributed by atoms with Crippen molar-refractivity contribution >= 4 is 5.69 Å². The molecule has 0 amide bonds. The van der Waals surface area contributed by atoms with E-state index in [1.165, 1.54) is 47.2 Å². The van der Waals surface area contributed by atoms with Crippen LogP contribution in [0.15, 0.2) is 54.6 Å². The molecule has 2 aliphatic rings. The molecule has 1 saturated heterocycles. The largest absolute Gasteiger partial charge is 0.508 e. The predicted molar refractivity (Wildman–Crippen MR) is 153 cm³/mol. The lowest BCUT2D eigenvalue weighted by Gasteiger charge is -2.33. The first-order valence-electron chi connectivity index (χ1n) is 14.3. The number of fused-ring (bicyclic) bond motifs is 1. The number of halogens is 1. The predicted octanol–water partition coefficient (Wildman–Crippen LogP) is 7.00. The molecule has 1 fully saturated rings. The molecule has 5 rings (SSSR count). The number of aromatic hydroxyl groups is 1. The first-order chi connectivity index (χ1) is 18.5. The molecule has 5 heteroatoms. The average molecular weight is 517 g/mol. The highest BCUT2D eigenvalue weighted by atomic mass is 19.1. The van der Waals surface area contributed by atoms with Crippen molar-refractivity contribution < 1.29 is 14.2 Å².